The number of hydrogen-bond acceptors (Lipinski definition) is 3. The van der Waals surface area contributed by atoms with Crippen LogP contribution >= 0.6 is 0 Å². The van der Waals surface area contributed by atoms with Crippen molar-refractivity contribution in [3.8, 4) is 45.3 Å². The maximum Gasteiger partial charge on any atom is 0.164 e. The van der Waals surface area contributed by atoms with Crippen molar-refractivity contribution in [2.75, 3.05) is 0 Å². The average molecular weight is 518 g/mol. The molecule has 5 aliphatic rings. The van der Waals surface area contributed by atoms with Gasteiger partial charge in [0.25, 0.3) is 0 Å². The summed E-state index contributed by atoms with van der Waals surface area (Å²) in [5.41, 5.74) is 9.12. The molecule has 40 heavy (non-hydrogen) atoms. The molecule has 1 spiro atoms. The van der Waals surface area contributed by atoms with Gasteiger partial charge in [0.1, 0.15) is 0 Å². The van der Waals surface area contributed by atoms with E-state index in [2.05, 4.69) is 66.7 Å². The van der Waals surface area contributed by atoms with E-state index in [0.717, 1.165) is 57.8 Å². The van der Waals surface area contributed by atoms with Crippen molar-refractivity contribution < 1.29 is 0 Å². The van der Waals surface area contributed by atoms with E-state index in [0.29, 0.717) is 0 Å². The van der Waals surface area contributed by atoms with Crippen LogP contribution in [0.4, 0.5) is 0 Å². The van der Waals surface area contributed by atoms with Gasteiger partial charge in [-0.15, -0.1) is 0 Å². The highest BCUT2D eigenvalue weighted by Crippen LogP contribution is 2.69. The Morgan fingerprint density at radius 3 is 1.57 bits per heavy atom. The molecule has 0 amide bonds. The van der Waals surface area contributed by atoms with Crippen molar-refractivity contribution in [3.05, 3.63) is 114 Å². The number of hydrogen-bond donors (Lipinski definition) is 0. The van der Waals surface area contributed by atoms with Gasteiger partial charge in [-0.1, -0.05) is 103 Å². The summed E-state index contributed by atoms with van der Waals surface area (Å²) in [6, 6.07) is 36.8. The quantitative estimate of drug-likeness (QED) is 0.240. The molecule has 10 rings (SSSR count). The van der Waals surface area contributed by atoms with Crippen LogP contribution in [0.25, 0.3) is 45.3 Å². The normalized spacial score (nSPS) is 27.1. The van der Waals surface area contributed by atoms with Gasteiger partial charge < -0.3 is 0 Å². The molecule has 0 radical (unpaired) electrons. The monoisotopic (exact) mass is 517 g/mol. The van der Waals surface area contributed by atoms with E-state index in [-0.39, 0.29) is 5.41 Å². The molecule has 3 heteroatoms. The van der Waals surface area contributed by atoms with Crippen molar-refractivity contribution in [2.24, 2.45) is 23.7 Å². The number of benzene rings is 4. The van der Waals surface area contributed by atoms with Crippen LogP contribution < -0.4 is 0 Å². The molecule has 4 saturated carbocycles. The molecule has 0 unspecified atom stereocenters. The minimum atomic E-state index is 0.132. The van der Waals surface area contributed by atoms with E-state index in [1.54, 1.807) is 5.56 Å². The first kappa shape index (κ1) is 22.7. The highest BCUT2D eigenvalue weighted by molar-refractivity contribution is 5.92. The Kier molecular flexibility index (Phi) is 4.79. The molecule has 1 aromatic heterocycles. The number of fused-ring (bicyclic) bond motifs is 3. The highest BCUT2D eigenvalue weighted by Gasteiger charge is 2.61. The SMILES string of the molecule is c1ccc(-c2nc(-c3ccccc3)nc(-c3cccc4c3-c3ccccc3C43C4CC5CC(C4)CC3C5)n2)cc1. The van der Waals surface area contributed by atoms with Gasteiger partial charge in [-0.3, -0.25) is 0 Å². The van der Waals surface area contributed by atoms with E-state index in [4.69, 9.17) is 15.0 Å². The van der Waals surface area contributed by atoms with E-state index >= 15 is 0 Å². The van der Waals surface area contributed by atoms with Crippen LogP contribution in [0.1, 0.15) is 43.2 Å². The summed E-state index contributed by atoms with van der Waals surface area (Å²) in [6.45, 7) is 0. The molecular formula is C37H31N3. The largest absolute Gasteiger partial charge is 0.208 e. The zero-order chi connectivity index (χ0) is 26.3. The molecule has 0 aliphatic heterocycles. The minimum Gasteiger partial charge on any atom is -0.208 e. The predicted octanol–water partition coefficient (Wildman–Crippen LogP) is 8.60. The third-order valence-corrected chi connectivity index (χ3v) is 10.5. The lowest BCUT2D eigenvalue weighted by Crippen LogP contribution is -2.55. The second-order valence-corrected chi connectivity index (χ2v) is 12.5. The van der Waals surface area contributed by atoms with Gasteiger partial charge >= 0.3 is 0 Å². The van der Waals surface area contributed by atoms with E-state index in [1.165, 1.54) is 48.8 Å². The smallest absolute Gasteiger partial charge is 0.164 e. The van der Waals surface area contributed by atoms with Gasteiger partial charge in [0.15, 0.2) is 17.5 Å². The lowest BCUT2D eigenvalue weighted by molar-refractivity contribution is -0.0399. The fourth-order valence-corrected chi connectivity index (χ4v) is 9.32. The van der Waals surface area contributed by atoms with Gasteiger partial charge in [-0.2, -0.15) is 0 Å². The molecular weight excluding hydrogens is 486 g/mol. The molecule has 4 bridgehead atoms. The fourth-order valence-electron chi connectivity index (χ4n) is 9.32. The van der Waals surface area contributed by atoms with Crippen LogP contribution in [-0.2, 0) is 5.41 Å². The second kappa shape index (κ2) is 8.44. The Morgan fingerprint density at radius 1 is 0.450 bits per heavy atom. The summed E-state index contributed by atoms with van der Waals surface area (Å²) in [5.74, 6) is 5.53. The van der Waals surface area contributed by atoms with Gasteiger partial charge in [-0.05, 0) is 78.0 Å². The molecule has 3 nitrogen and oxygen atoms in total. The van der Waals surface area contributed by atoms with Crippen molar-refractivity contribution >= 4 is 0 Å². The Balaban J connectivity index is 1.30. The lowest BCUT2D eigenvalue weighted by atomic mass is 9.43. The standard InChI is InChI=1S/C37H31N3/c1-3-10-25(11-4-1)34-38-35(26-12-5-2-6-13-26)40-36(39-34)30-15-9-17-32-33(30)29-14-7-8-16-31(29)37(32)27-19-23-18-24(21-27)22-28(37)20-23/h1-17,23-24,27-28H,18-22H2. The summed E-state index contributed by atoms with van der Waals surface area (Å²) in [6.07, 6.45) is 6.99. The Morgan fingerprint density at radius 2 is 0.950 bits per heavy atom. The Bertz CT molecular complexity index is 1670. The second-order valence-electron chi connectivity index (χ2n) is 12.5. The van der Waals surface area contributed by atoms with Crippen LogP contribution in [0, 0.1) is 23.7 Å². The maximum absolute atomic E-state index is 5.15. The summed E-state index contributed by atoms with van der Waals surface area (Å²) in [7, 11) is 0. The van der Waals surface area contributed by atoms with Gasteiger partial charge in [0.05, 0.1) is 0 Å². The number of aromatic nitrogens is 3. The van der Waals surface area contributed by atoms with Crippen molar-refractivity contribution in [3.63, 3.8) is 0 Å². The van der Waals surface area contributed by atoms with Crippen LogP contribution in [-0.4, -0.2) is 15.0 Å². The predicted molar refractivity (Wildman–Crippen MR) is 159 cm³/mol. The molecule has 0 atom stereocenters. The summed E-state index contributed by atoms with van der Waals surface area (Å²) >= 11 is 0. The third kappa shape index (κ3) is 3.09. The van der Waals surface area contributed by atoms with Crippen LogP contribution in [0.15, 0.2) is 103 Å². The van der Waals surface area contributed by atoms with Gasteiger partial charge in [0, 0.05) is 22.1 Å². The summed E-state index contributed by atoms with van der Waals surface area (Å²) < 4.78 is 0. The summed E-state index contributed by atoms with van der Waals surface area (Å²) in [4.78, 5) is 15.3. The first-order valence-corrected chi connectivity index (χ1v) is 14.9. The molecule has 4 fully saturated rings. The molecule has 5 aromatic rings. The first-order chi connectivity index (χ1) is 19.8. The lowest BCUT2D eigenvalue weighted by Gasteiger charge is -2.61. The average Bonchev–Trinajstić information content (AvgIpc) is 3.31. The fraction of sp³-hybridized carbons (Fsp3) is 0.270. The van der Waals surface area contributed by atoms with Gasteiger partial charge in [-0.25, -0.2) is 15.0 Å². The Labute approximate surface area is 235 Å². The first-order valence-electron chi connectivity index (χ1n) is 14.9. The molecule has 0 saturated heterocycles. The van der Waals surface area contributed by atoms with Crippen molar-refractivity contribution in [1.29, 1.82) is 0 Å². The highest BCUT2D eigenvalue weighted by atomic mass is 15.0. The maximum atomic E-state index is 5.15. The van der Waals surface area contributed by atoms with Crippen molar-refractivity contribution in [2.45, 2.75) is 37.5 Å². The Hall–Kier alpha value is -4.11. The number of rotatable bonds is 3. The molecule has 0 N–H and O–H groups in total. The topological polar surface area (TPSA) is 38.7 Å². The van der Waals surface area contributed by atoms with Gasteiger partial charge in [0.2, 0.25) is 0 Å². The number of nitrogens with zero attached hydrogens (tertiary/aromatic N) is 3. The van der Waals surface area contributed by atoms with Crippen LogP contribution in [0.5, 0.6) is 0 Å². The summed E-state index contributed by atoms with van der Waals surface area (Å²) in [5, 5.41) is 0. The molecule has 5 aliphatic carbocycles. The minimum absolute atomic E-state index is 0.132. The van der Waals surface area contributed by atoms with Crippen LogP contribution in [0.2, 0.25) is 0 Å². The zero-order valence-electron chi connectivity index (χ0n) is 22.5. The molecule has 194 valence electrons. The van der Waals surface area contributed by atoms with E-state index < -0.39 is 0 Å². The molecule has 1 heterocycles. The van der Waals surface area contributed by atoms with Crippen LogP contribution in [0.3, 0.4) is 0 Å². The van der Waals surface area contributed by atoms with Crippen molar-refractivity contribution in [1.82, 2.24) is 15.0 Å². The third-order valence-electron chi connectivity index (χ3n) is 10.5. The molecule has 4 aromatic carbocycles. The van der Waals surface area contributed by atoms with E-state index in [9.17, 15) is 0 Å². The van der Waals surface area contributed by atoms with E-state index in [1.807, 2.05) is 36.4 Å². The zero-order valence-corrected chi connectivity index (χ0v) is 22.5.